The number of benzene rings is 2. The van der Waals surface area contributed by atoms with Crippen molar-refractivity contribution in [1.29, 1.82) is 0 Å². The third-order valence-corrected chi connectivity index (χ3v) is 6.12. The SMILES string of the molecule is COc1ccc(Nc2ncnc3sc(C)c(-c4ccc(C)c(C)c4)c23)cc1OC. The standard InChI is InChI=1S/C23H23N3O2S/c1-13-6-7-16(10-14(13)2)20-15(3)29-23-21(20)22(24-12-25-23)26-17-8-9-18(27-4)19(11-17)28-5/h6-12H,1-5H3,(H,24,25,26). The van der Waals surface area contributed by atoms with E-state index in [0.29, 0.717) is 11.5 Å². The number of hydrogen-bond acceptors (Lipinski definition) is 6. The van der Waals surface area contributed by atoms with Gasteiger partial charge in [-0.05, 0) is 49.6 Å². The van der Waals surface area contributed by atoms with Crippen molar-refractivity contribution in [3.8, 4) is 22.6 Å². The number of nitrogens with one attached hydrogen (secondary N) is 1. The number of anilines is 2. The van der Waals surface area contributed by atoms with E-state index in [1.807, 2.05) is 18.2 Å². The third kappa shape index (κ3) is 3.51. The highest BCUT2D eigenvalue weighted by Crippen LogP contribution is 2.42. The van der Waals surface area contributed by atoms with Crippen molar-refractivity contribution in [2.75, 3.05) is 19.5 Å². The smallest absolute Gasteiger partial charge is 0.162 e. The molecular weight excluding hydrogens is 382 g/mol. The van der Waals surface area contributed by atoms with Gasteiger partial charge < -0.3 is 14.8 Å². The van der Waals surface area contributed by atoms with Gasteiger partial charge in [0.2, 0.25) is 0 Å². The molecule has 2 heterocycles. The summed E-state index contributed by atoms with van der Waals surface area (Å²) in [6.07, 6.45) is 1.60. The molecule has 0 radical (unpaired) electrons. The van der Waals surface area contributed by atoms with Gasteiger partial charge in [0, 0.05) is 22.2 Å². The zero-order valence-corrected chi connectivity index (χ0v) is 18.0. The van der Waals surface area contributed by atoms with Crippen LogP contribution in [0.1, 0.15) is 16.0 Å². The van der Waals surface area contributed by atoms with E-state index < -0.39 is 0 Å². The molecule has 2 aromatic carbocycles. The van der Waals surface area contributed by atoms with Gasteiger partial charge in [-0.15, -0.1) is 11.3 Å². The highest BCUT2D eigenvalue weighted by Gasteiger charge is 2.17. The van der Waals surface area contributed by atoms with Crippen molar-refractivity contribution in [2.24, 2.45) is 0 Å². The lowest BCUT2D eigenvalue weighted by Crippen LogP contribution is -1.97. The van der Waals surface area contributed by atoms with Gasteiger partial charge in [0.25, 0.3) is 0 Å². The summed E-state index contributed by atoms with van der Waals surface area (Å²) in [7, 11) is 3.26. The molecule has 2 aromatic heterocycles. The average molecular weight is 406 g/mol. The minimum absolute atomic E-state index is 0.665. The first kappa shape index (κ1) is 19.2. The summed E-state index contributed by atoms with van der Waals surface area (Å²) in [5.41, 5.74) is 5.79. The van der Waals surface area contributed by atoms with Crippen LogP contribution < -0.4 is 14.8 Å². The van der Waals surface area contributed by atoms with Crippen molar-refractivity contribution in [1.82, 2.24) is 9.97 Å². The summed E-state index contributed by atoms with van der Waals surface area (Å²) < 4.78 is 10.8. The Kier molecular flexibility index (Phi) is 5.11. The van der Waals surface area contributed by atoms with Crippen molar-refractivity contribution in [3.05, 3.63) is 58.7 Å². The van der Waals surface area contributed by atoms with Crippen molar-refractivity contribution < 1.29 is 9.47 Å². The first-order valence-electron chi connectivity index (χ1n) is 9.32. The summed E-state index contributed by atoms with van der Waals surface area (Å²) in [6, 6.07) is 12.3. The molecule has 0 spiro atoms. The minimum atomic E-state index is 0.665. The summed E-state index contributed by atoms with van der Waals surface area (Å²) in [6.45, 7) is 6.41. The lowest BCUT2D eigenvalue weighted by Gasteiger charge is -2.12. The Morgan fingerprint density at radius 3 is 2.38 bits per heavy atom. The molecule has 0 unspecified atom stereocenters. The number of methoxy groups -OCH3 is 2. The second kappa shape index (κ2) is 7.72. The molecule has 148 valence electrons. The molecule has 29 heavy (non-hydrogen) atoms. The fourth-order valence-electron chi connectivity index (χ4n) is 3.43. The summed E-state index contributed by atoms with van der Waals surface area (Å²) in [4.78, 5) is 11.3. The van der Waals surface area contributed by atoms with E-state index in [2.05, 4.69) is 54.3 Å². The normalized spacial score (nSPS) is 10.9. The maximum absolute atomic E-state index is 5.43. The van der Waals surface area contributed by atoms with Crippen LogP contribution in [0.3, 0.4) is 0 Å². The molecule has 0 aliphatic rings. The zero-order valence-electron chi connectivity index (χ0n) is 17.2. The van der Waals surface area contributed by atoms with E-state index >= 15 is 0 Å². The minimum Gasteiger partial charge on any atom is -0.493 e. The monoisotopic (exact) mass is 405 g/mol. The van der Waals surface area contributed by atoms with Crippen molar-refractivity contribution in [3.63, 3.8) is 0 Å². The van der Waals surface area contributed by atoms with Crippen LogP contribution >= 0.6 is 11.3 Å². The first-order chi connectivity index (χ1) is 14.0. The number of thiophene rings is 1. The topological polar surface area (TPSA) is 56.3 Å². The summed E-state index contributed by atoms with van der Waals surface area (Å²) in [5.74, 6) is 2.13. The molecular formula is C23H23N3O2S. The van der Waals surface area contributed by atoms with Gasteiger partial charge in [-0.25, -0.2) is 9.97 Å². The van der Waals surface area contributed by atoms with Crippen LogP contribution in [0.4, 0.5) is 11.5 Å². The zero-order chi connectivity index (χ0) is 20.5. The molecule has 0 atom stereocenters. The van der Waals surface area contributed by atoms with Crippen LogP contribution in [-0.2, 0) is 0 Å². The fraction of sp³-hybridized carbons (Fsp3) is 0.217. The molecule has 4 rings (SSSR count). The lowest BCUT2D eigenvalue weighted by atomic mass is 9.99. The van der Waals surface area contributed by atoms with E-state index in [4.69, 9.17) is 9.47 Å². The van der Waals surface area contributed by atoms with Crippen LogP contribution in [0.5, 0.6) is 11.5 Å². The van der Waals surface area contributed by atoms with E-state index in [-0.39, 0.29) is 0 Å². The largest absolute Gasteiger partial charge is 0.493 e. The Morgan fingerprint density at radius 2 is 1.66 bits per heavy atom. The summed E-state index contributed by atoms with van der Waals surface area (Å²) >= 11 is 1.69. The molecule has 0 aliphatic heterocycles. The van der Waals surface area contributed by atoms with E-state index in [1.54, 1.807) is 31.9 Å². The van der Waals surface area contributed by atoms with Crippen LogP contribution in [0.25, 0.3) is 21.3 Å². The Labute approximate surface area is 174 Å². The number of nitrogens with zero attached hydrogens (tertiary/aromatic N) is 2. The van der Waals surface area contributed by atoms with Gasteiger partial charge in [0.05, 0.1) is 19.6 Å². The number of aryl methyl sites for hydroxylation is 3. The molecule has 6 heteroatoms. The van der Waals surface area contributed by atoms with E-state index in [0.717, 1.165) is 21.7 Å². The van der Waals surface area contributed by atoms with Gasteiger partial charge in [0.1, 0.15) is 17.0 Å². The maximum Gasteiger partial charge on any atom is 0.162 e. The van der Waals surface area contributed by atoms with Gasteiger partial charge in [0.15, 0.2) is 11.5 Å². The van der Waals surface area contributed by atoms with Crippen LogP contribution in [0, 0.1) is 20.8 Å². The van der Waals surface area contributed by atoms with Crippen molar-refractivity contribution >= 4 is 33.1 Å². The van der Waals surface area contributed by atoms with Gasteiger partial charge in [-0.2, -0.15) is 0 Å². The van der Waals surface area contributed by atoms with E-state index in [1.165, 1.54) is 27.1 Å². The summed E-state index contributed by atoms with van der Waals surface area (Å²) in [5, 5.41) is 4.48. The molecule has 0 saturated carbocycles. The Bertz CT molecular complexity index is 1200. The molecule has 0 bridgehead atoms. The molecule has 0 fully saturated rings. The second-order valence-corrected chi connectivity index (χ2v) is 8.13. The van der Waals surface area contributed by atoms with Gasteiger partial charge in [-0.1, -0.05) is 18.2 Å². The average Bonchev–Trinajstić information content (AvgIpc) is 3.06. The van der Waals surface area contributed by atoms with Crippen LogP contribution in [-0.4, -0.2) is 24.2 Å². The molecule has 4 aromatic rings. The Balaban J connectivity index is 1.85. The molecule has 0 aliphatic carbocycles. The molecule has 1 N–H and O–H groups in total. The highest BCUT2D eigenvalue weighted by atomic mass is 32.1. The highest BCUT2D eigenvalue weighted by molar-refractivity contribution is 7.19. The Morgan fingerprint density at radius 1 is 0.862 bits per heavy atom. The molecule has 0 saturated heterocycles. The predicted molar refractivity (Wildman–Crippen MR) is 120 cm³/mol. The number of aromatic nitrogens is 2. The number of ether oxygens (including phenoxy) is 2. The fourth-order valence-corrected chi connectivity index (χ4v) is 4.45. The van der Waals surface area contributed by atoms with Crippen LogP contribution in [0.15, 0.2) is 42.7 Å². The Hall–Kier alpha value is -3.12. The quantitative estimate of drug-likeness (QED) is 0.438. The molecule has 5 nitrogen and oxygen atoms in total. The molecule has 0 amide bonds. The predicted octanol–water partition coefficient (Wildman–Crippen LogP) is 6.04. The van der Waals surface area contributed by atoms with Gasteiger partial charge in [-0.3, -0.25) is 0 Å². The third-order valence-electron chi connectivity index (χ3n) is 5.11. The number of hydrogen-bond donors (Lipinski definition) is 1. The number of fused-ring (bicyclic) bond motifs is 1. The maximum atomic E-state index is 5.43. The number of rotatable bonds is 5. The van der Waals surface area contributed by atoms with Crippen molar-refractivity contribution in [2.45, 2.75) is 20.8 Å². The van der Waals surface area contributed by atoms with E-state index in [9.17, 15) is 0 Å². The van der Waals surface area contributed by atoms with Gasteiger partial charge >= 0.3 is 0 Å². The second-order valence-electron chi connectivity index (χ2n) is 6.93. The first-order valence-corrected chi connectivity index (χ1v) is 10.1. The van der Waals surface area contributed by atoms with Crippen LogP contribution in [0.2, 0.25) is 0 Å². The lowest BCUT2D eigenvalue weighted by molar-refractivity contribution is 0.355.